The first-order valence-corrected chi connectivity index (χ1v) is 14.9. The van der Waals surface area contributed by atoms with Gasteiger partial charge in [0.25, 0.3) is 0 Å². The number of halogens is 2. The van der Waals surface area contributed by atoms with Crippen LogP contribution in [0.1, 0.15) is 82.5 Å². The molecule has 212 valence electrons. The number of aliphatic hydroxyl groups is 2. The molecule has 0 radical (unpaired) electrons. The number of allylic oxidation sites excluding steroid dienone is 4. The maximum atomic E-state index is 14.4. The summed E-state index contributed by atoms with van der Waals surface area (Å²) in [6, 6.07) is 3.44. The minimum absolute atomic E-state index is 0.0440. The van der Waals surface area contributed by atoms with E-state index in [0.29, 0.717) is 25.0 Å². The Labute approximate surface area is 231 Å². The summed E-state index contributed by atoms with van der Waals surface area (Å²) < 4.78 is 28.2. The third kappa shape index (κ3) is 3.47. The zero-order valence-corrected chi connectivity index (χ0v) is 23.8. The Morgan fingerprint density at radius 2 is 1.72 bits per heavy atom. The van der Waals surface area contributed by atoms with Crippen molar-refractivity contribution in [2.45, 2.75) is 83.8 Å². The van der Waals surface area contributed by atoms with Gasteiger partial charge in [0, 0.05) is 33.9 Å². The van der Waals surface area contributed by atoms with Crippen LogP contribution in [-0.4, -0.2) is 52.7 Å². The lowest BCUT2D eigenvalue weighted by atomic mass is 9.32. The Balaban J connectivity index is 1.51. The van der Waals surface area contributed by atoms with E-state index >= 15 is 0 Å². The number of rotatable bonds is 6. The number of likely N-dealkylation sites (N-methyl/N-ethyl adjacent to an activating group) is 1. The highest BCUT2D eigenvalue weighted by Gasteiger charge is 2.74. The maximum Gasteiger partial charge on any atom is 0.189 e. The van der Waals surface area contributed by atoms with Gasteiger partial charge in [0.05, 0.1) is 11.7 Å². The first kappa shape index (κ1) is 27.3. The summed E-state index contributed by atoms with van der Waals surface area (Å²) in [5.41, 5.74) is -1.63. The Hall–Kier alpha value is -1.89. The van der Waals surface area contributed by atoms with E-state index in [-0.39, 0.29) is 28.6 Å². The number of hydrogen-bond donors (Lipinski definition) is 2. The van der Waals surface area contributed by atoms with Gasteiger partial charge < -0.3 is 15.1 Å². The fourth-order valence-electron chi connectivity index (χ4n) is 10.3. The Kier molecular flexibility index (Phi) is 6.16. The predicted octanol–water partition coefficient (Wildman–Crippen LogP) is 6.08. The van der Waals surface area contributed by atoms with Gasteiger partial charge in [-0.25, -0.2) is 8.78 Å². The van der Waals surface area contributed by atoms with E-state index in [1.165, 1.54) is 6.07 Å². The van der Waals surface area contributed by atoms with Gasteiger partial charge in [-0.1, -0.05) is 39.0 Å². The molecule has 3 fully saturated rings. The molecule has 7 rings (SSSR count). The summed E-state index contributed by atoms with van der Waals surface area (Å²) >= 11 is 0. The van der Waals surface area contributed by atoms with Gasteiger partial charge in [0.2, 0.25) is 0 Å². The van der Waals surface area contributed by atoms with E-state index in [2.05, 4.69) is 50.9 Å². The summed E-state index contributed by atoms with van der Waals surface area (Å²) in [7, 11) is 2.07. The number of carbonyl (C=O) groups is 1. The second-order valence-electron chi connectivity index (χ2n) is 14.0. The quantitative estimate of drug-likeness (QED) is 0.340. The molecule has 4 nitrogen and oxygen atoms in total. The average molecular weight is 540 g/mol. The van der Waals surface area contributed by atoms with E-state index in [9.17, 15) is 23.8 Å². The lowest BCUT2D eigenvalue weighted by Crippen LogP contribution is -2.67. The third-order valence-electron chi connectivity index (χ3n) is 12.3. The smallest absolute Gasteiger partial charge is 0.189 e. The molecule has 3 saturated carbocycles. The van der Waals surface area contributed by atoms with Crippen molar-refractivity contribution in [2.75, 3.05) is 20.1 Å². The van der Waals surface area contributed by atoms with Crippen LogP contribution in [0.2, 0.25) is 0 Å². The zero-order chi connectivity index (χ0) is 28.0. The minimum Gasteiger partial charge on any atom is -0.393 e. The minimum atomic E-state index is -1.02. The fourth-order valence-corrected chi connectivity index (χ4v) is 10.3. The topological polar surface area (TPSA) is 60.8 Å². The molecule has 6 aliphatic carbocycles. The molecule has 39 heavy (non-hydrogen) atoms. The van der Waals surface area contributed by atoms with E-state index in [0.717, 1.165) is 57.2 Å². The van der Waals surface area contributed by atoms with Crippen molar-refractivity contribution in [3.05, 3.63) is 59.2 Å². The molecule has 0 amide bonds. The number of nitrogens with zero attached hydrogens (tertiary/aromatic N) is 1. The number of hydrogen-bond acceptors (Lipinski definition) is 4. The molecular weight excluding hydrogens is 496 g/mol. The monoisotopic (exact) mass is 539 g/mol. The summed E-state index contributed by atoms with van der Waals surface area (Å²) in [4.78, 5) is 16.6. The van der Waals surface area contributed by atoms with Crippen LogP contribution in [0, 0.1) is 45.1 Å². The van der Waals surface area contributed by atoms with Crippen molar-refractivity contribution in [3.8, 4) is 0 Å². The number of carbonyl (C=O) groups excluding carboxylic acids is 1. The van der Waals surface area contributed by atoms with Gasteiger partial charge in [-0.15, -0.1) is 0 Å². The molecule has 1 aromatic rings. The van der Waals surface area contributed by atoms with Gasteiger partial charge in [-0.2, -0.15) is 0 Å². The zero-order valence-electron chi connectivity index (χ0n) is 23.8. The molecule has 0 aromatic heterocycles. The van der Waals surface area contributed by atoms with Crippen LogP contribution in [0.25, 0.3) is 0 Å². The summed E-state index contributed by atoms with van der Waals surface area (Å²) in [5, 5.41) is 23.1. The van der Waals surface area contributed by atoms with Crippen LogP contribution in [-0.2, 0) is 0 Å². The Bertz CT molecular complexity index is 1260. The van der Waals surface area contributed by atoms with Crippen LogP contribution < -0.4 is 0 Å². The summed E-state index contributed by atoms with van der Waals surface area (Å²) in [5.74, 6) is -2.03. The third-order valence-corrected chi connectivity index (χ3v) is 12.3. The molecule has 8 atom stereocenters. The lowest BCUT2D eigenvalue weighted by molar-refractivity contribution is -0.175. The van der Waals surface area contributed by atoms with Gasteiger partial charge >= 0.3 is 0 Å². The molecule has 2 bridgehead atoms. The normalized spacial score (nSPS) is 44.1. The highest BCUT2D eigenvalue weighted by molar-refractivity contribution is 6.10. The molecule has 0 heterocycles. The highest BCUT2D eigenvalue weighted by Crippen LogP contribution is 2.78. The largest absolute Gasteiger partial charge is 0.393 e. The van der Waals surface area contributed by atoms with E-state index in [1.54, 1.807) is 0 Å². The lowest BCUT2D eigenvalue weighted by Gasteiger charge is -2.71. The van der Waals surface area contributed by atoms with Crippen LogP contribution in [0.4, 0.5) is 8.78 Å². The number of benzene rings is 1. The molecule has 2 spiro atoms. The van der Waals surface area contributed by atoms with Crippen molar-refractivity contribution in [1.29, 1.82) is 0 Å². The first-order chi connectivity index (χ1) is 18.4. The van der Waals surface area contributed by atoms with Gasteiger partial charge in [0.15, 0.2) is 17.4 Å². The number of ketones is 1. The van der Waals surface area contributed by atoms with Gasteiger partial charge in [-0.3, -0.25) is 4.79 Å². The van der Waals surface area contributed by atoms with Gasteiger partial charge in [-0.05, 0) is 100 Å². The van der Waals surface area contributed by atoms with Crippen molar-refractivity contribution in [3.63, 3.8) is 0 Å². The van der Waals surface area contributed by atoms with Crippen LogP contribution in [0.5, 0.6) is 0 Å². The van der Waals surface area contributed by atoms with Crippen molar-refractivity contribution in [1.82, 2.24) is 4.90 Å². The van der Waals surface area contributed by atoms with E-state index in [1.807, 2.05) is 0 Å². The Morgan fingerprint density at radius 1 is 1.03 bits per heavy atom. The Morgan fingerprint density at radius 3 is 2.44 bits per heavy atom. The number of Topliss-reactive ketones (excluding diaryl/α,β-unsaturated/α-hetero) is 1. The molecule has 8 unspecified atom stereocenters. The molecule has 0 saturated heterocycles. The molecule has 2 N–H and O–H groups in total. The second-order valence-corrected chi connectivity index (χ2v) is 14.0. The molecule has 6 aliphatic rings. The van der Waals surface area contributed by atoms with E-state index < -0.39 is 39.6 Å². The predicted molar refractivity (Wildman–Crippen MR) is 147 cm³/mol. The molecule has 0 aliphatic heterocycles. The van der Waals surface area contributed by atoms with Crippen molar-refractivity contribution >= 4 is 5.78 Å². The molecular formula is C33H43F2NO3. The van der Waals surface area contributed by atoms with Gasteiger partial charge in [0.1, 0.15) is 0 Å². The maximum absolute atomic E-state index is 14.4. The van der Waals surface area contributed by atoms with E-state index in [4.69, 9.17) is 0 Å². The number of fused-ring (bicyclic) bond motifs is 1. The van der Waals surface area contributed by atoms with Crippen LogP contribution in [0.15, 0.2) is 42.0 Å². The summed E-state index contributed by atoms with van der Waals surface area (Å²) in [6.07, 6.45) is 12.6. The van der Waals surface area contributed by atoms with Crippen molar-refractivity contribution in [2.24, 2.45) is 33.5 Å². The molecule has 1 aromatic carbocycles. The first-order valence-electron chi connectivity index (χ1n) is 14.9. The summed E-state index contributed by atoms with van der Waals surface area (Å²) in [6.45, 7) is 8.23. The van der Waals surface area contributed by atoms with Crippen LogP contribution >= 0.6 is 0 Å². The van der Waals surface area contributed by atoms with Crippen molar-refractivity contribution < 1.29 is 23.8 Å². The molecule has 6 heteroatoms. The SMILES string of the molecule is CCCN(C)CC1(O)CCC2C34C=CC5(C=C3C(=O)c3ccc(F)c(F)c3)CC(O)CCC5(C)C4CCC21C. The number of aliphatic hydroxyl groups excluding tert-OH is 1. The standard InChI is InChI=1S/C33H43F2NO3/c1-5-16-36(4)20-32(39)13-10-27-30(32,3)12-9-26-29(2)11-8-22(37)18-31(29)14-15-33(26,27)23(19-31)28(38)21-6-7-24(34)25(35)17-21/h6-7,14-15,17,19,22,26-27,37,39H,5,8-13,16,18,20H2,1-4H3. The second kappa shape index (κ2) is 8.80. The highest BCUT2D eigenvalue weighted by atomic mass is 19.2. The fraction of sp³-hybridized carbons (Fsp3) is 0.667. The average Bonchev–Trinajstić information content (AvgIpc) is 3.15. The van der Waals surface area contributed by atoms with Crippen LogP contribution in [0.3, 0.4) is 0 Å².